The van der Waals surface area contributed by atoms with Crippen LogP contribution >= 0.6 is 11.8 Å². The van der Waals surface area contributed by atoms with E-state index in [0.717, 1.165) is 12.8 Å². The van der Waals surface area contributed by atoms with Crippen LogP contribution in [0.5, 0.6) is 0 Å². The van der Waals surface area contributed by atoms with E-state index in [1.54, 1.807) is 4.57 Å². The Kier molecular flexibility index (Phi) is 3.45. The molecule has 0 aliphatic heterocycles. The number of hydrogen-bond donors (Lipinski definition) is 1. The highest BCUT2D eigenvalue weighted by Crippen LogP contribution is 2.35. The van der Waals surface area contributed by atoms with E-state index in [1.165, 1.54) is 18.9 Å². The molecule has 0 aromatic carbocycles. The van der Waals surface area contributed by atoms with Crippen LogP contribution in [0.3, 0.4) is 0 Å². The number of thioether (sulfide) groups is 1. The van der Waals surface area contributed by atoms with E-state index in [1.807, 2.05) is 0 Å². The molecule has 0 radical (unpaired) electrons. The van der Waals surface area contributed by atoms with Crippen LogP contribution in [-0.4, -0.2) is 40.0 Å². The number of hydrogen-bond acceptors (Lipinski definition) is 5. The van der Waals surface area contributed by atoms with Crippen molar-refractivity contribution in [3.8, 4) is 0 Å². The van der Waals surface area contributed by atoms with Gasteiger partial charge >= 0.3 is 5.69 Å². The number of H-pyrrole nitrogens is 1. The minimum absolute atomic E-state index is 0.00899. The fourth-order valence-electron chi connectivity index (χ4n) is 1.39. The number of methoxy groups -OCH3 is 1. The number of Topliss-reactive ketones (excluding diaryl/α,β-unsaturated/α-hetero) is 1. The lowest BCUT2D eigenvalue weighted by Crippen LogP contribution is -2.16. The van der Waals surface area contributed by atoms with E-state index >= 15 is 0 Å². The normalized spacial score (nSPS) is 15.3. The van der Waals surface area contributed by atoms with Crippen LogP contribution in [0.4, 0.5) is 0 Å². The number of ether oxygens (including phenoxy) is 1. The molecular weight excluding hydrogens is 230 g/mol. The molecular formula is C9H13N3O3S. The summed E-state index contributed by atoms with van der Waals surface area (Å²) in [4.78, 5) is 22.7. The van der Waals surface area contributed by atoms with Gasteiger partial charge in [0.1, 0.15) is 6.61 Å². The van der Waals surface area contributed by atoms with Crippen molar-refractivity contribution in [2.75, 3.05) is 19.5 Å². The molecule has 0 saturated heterocycles. The maximum Gasteiger partial charge on any atom is 0.344 e. The molecule has 1 aromatic heterocycles. The molecule has 1 saturated carbocycles. The molecule has 1 fully saturated rings. The first-order valence-electron chi connectivity index (χ1n) is 5.02. The maximum absolute atomic E-state index is 11.4. The summed E-state index contributed by atoms with van der Waals surface area (Å²) < 4.78 is 6.36. The first kappa shape index (κ1) is 11.4. The second-order valence-electron chi connectivity index (χ2n) is 3.67. The predicted octanol–water partition coefficient (Wildman–Crippen LogP) is 0.214. The third-order valence-electron chi connectivity index (χ3n) is 2.25. The van der Waals surface area contributed by atoms with Crippen LogP contribution in [0.1, 0.15) is 18.9 Å². The van der Waals surface area contributed by atoms with E-state index in [9.17, 15) is 9.59 Å². The summed E-state index contributed by atoms with van der Waals surface area (Å²) in [5, 5.41) is 6.91. The topological polar surface area (TPSA) is 77.0 Å². The highest BCUT2D eigenvalue weighted by molar-refractivity contribution is 7.99. The lowest BCUT2D eigenvalue weighted by atomic mass is 10.5. The van der Waals surface area contributed by atoms with Gasteiger partial charge in [-0.1, -0.05) is 11.8 Å². The fourth-order valence-corrected chi connectivity index (χ4v) is 2.25. The zero-order valence-corrected chi connectivity index (χ0v) is 9.75. The number of nitrogens with one attached hydrogen (secondary N) is 1. The Morgan fingerprint density at radius 3 is 3.06 bits per heavy atom. The van der Waals surface area contributed by atoms with Crippen LogP contribution in [0, 0.1) is 0 Å². The molecule has 7 heteroatoms. The van der Waals surface area contributed by atoms with E-state index < -0.39 is 0 Å². The SMILES string of the molecule is COCC(=O)CSc1n[nH]c(=O)n1C1CC1. The molecule has 1 N–H and O–H groups in total. The van der Waals surface area contributed by atoms with Crippen molar-refractivity contribution >= 4 is 17.5 Å². The number of carbonyl (C=O) groups excluding carboxylic acids is 1. The van der Waals surface area contributed by atoms with Crippen molar-refractivity contribution in [2.45, 2.75) is 24.0 Å². The van der Waals surface area contributed by atoms with Crippen LogP contribution in [0.15, 0.2) is 9.95 Å². The van der Waals surface area contributed by atoms with Gasteiger partial charge in [0.05, 0.1) is 5.75 Å². The Hall–Kier alpha value is -1.08. The lowest BCUT2D eigenvalue weighted by Gasteiger charge is -2.02. The molecule has 16 heavy (non-hydrogen) atoms. The van der Waals surface area contributed by atoms with Gasteiger partial charge in [0.15, 0.2) is 10.9 Å². The molecule has 0 unspecified atom stereocenters. The van der Waals surface area contributed by atoms with Crippen LogP contribution < -0.4 is 5.69 Å². The summed E-state index contributed by atoms with van der Waals surface area (Å²) in [6.07, 6.45) is 2.03. The quantitative estimate of drug-likeness (QED) is 0.723. The van der Waals surface area contributed by atoms with Gasteiger partial charge in [-0.3, -0.25) is 9.36 Å². The monoisotopic (exact) mass is 243 g/mol. The molecule has 1 heterocycles. The molecule has 88 valence electrons. The van der Waals surface area contributed by atoms with Gasteiger partial charge in [0, 0.05) is 13.2 Å². The average molecular weight is 243 g/mol. The van der Waals surface area contributed by atoms with Gasteiger partial charge in [-0.05, 0) is 12.8 Å². The summed E-state index contributed by atoms with van der Waals surface area (Å²) >= 11 is 1.28. The van der Waals surface area contributed by atoms with Crippen molar-refractivity contribution < 1.29 is 9.53 Å². The molecule has 1 aliphatic carbocycles. The molecule has 1 aliphatic rings. The van der Waals surface area contributed by atoms with Crippen molar-refractivity contribution in [1.29, 1.82) is 0 Å². The number of rotatable bonds is 6. The van der Waals surface area contributed by atoms with E-state index in [4.69, 9.17) is 4.74 Å². The number of nitrogens with zero attached hydrogens (tertiary/aromatic N) is 2. The Morgan fingerprint density at radius 2 is 2.44 bits per heavy atom. The third-order valence-corrected chi connectivity index (χ3v) is 3.26. The largest absolute Gasteiger partial charge is 0.377 e. The molecule has 0 bridgehead atoms. The highest BCUT2D eigenvalue weighted by Gasteiger charge is 2.28. The standard InChI is InChI=1S/C9H13N3O3S/c1-15-4-7(13)5-16-9-11-10-8(14)12(9)6-2-3-6/h6H,2-5H2,1H3,(H,10,14). The third kappa shape index (κ3) is 2.53. The summed E-state index contributed by atoms with van der Waals surface area (Å²) in [5.74, 6) is 0.274. The summed E-state index contributed by atoms with van der Waals surface area (Å²) in [6, 6.07) is 0.270. The van der Waals surface area contributed by atoms with Crippen molar-refractivity contribution in [3.05, 3.63) is 10.5 Å². The Morgan fingerprint density at radius 1 is 1.69 bits per heavy atom. The number of carbonyl (C=O) groups is 1. The second kappa shape index (κ2) is 4.84. The predicted molar refractivity (Wildman–Crippen MR) is 58.7 cm³/mol. The number of aromatic amines is 1. The molecule has 6 nitrogen and oxygen atoms in total. The molecule has 2 rings (SSSR count). The first-order chi connectivity index (χ1) is 7.72. The van der Waals surface area contributed by atoms with E-state index in [-0.39, 0.29) is 29.9 Å². The van der Waals surface area contributed by atoms with Gasteiger partial charge in [-0.2, -0.15) is 0 Å². The van der Waals surface area contributed by atoms with Crippen molar-refractivity contribution in [3.63, 3.8) is 0 Å². The molecule has 0 amide bonds. The maximum atomic E-state index is 11.4. The van der Waals surface area contributed by atoms with Gasteiger partial charge in [-0.15, -0.1) is 5.10 Å². The first-order valence-corrected chi connectivity index (χ1v) is 6.01. The summed E-state index contributed by atoms with van der Waals surface area (Å²) in [7, 11) is 1.48. The van der Waals surface area contributed by atoms with E-state index in [2.05, 4.69) is 10.2 Å². The van der Waals surface area contributed by atoms with Crippen LogP contribution in [0.25, 0.3) is 0 Å². The minimum atomic E-state index is -0.191. The average Bonchev–Trinajstić information content (AvgIpc) is 3.01. The van der Waals surface area contributed by atoms with E-state index in [0.29, 0.717) is 5.16 Å². The van der Waals surface area contributed by atoms with Crippen LogP contribution in [0.2, 0.25) is 0 Å². The molecule has 0 spiro atoms. The van der Waals surface area contributed by atoms with Crippen LogP contribution in [-0.2, 0) is 9.53 Å². The van der Waals surface area contributed by atoms with Crippen molar-refractivity contribution in [2.24, 2.45) is 0 Å². The fraction of sp³-hybridized carbons (Fsp3) is 0.667. The Labute approximate surface area is 96.4 Å². The highest BCUT2D eigenvalue weighted by atomic mass is 32.2. The zero-order chi connectivity index (χ0) is 11.5. The van der Waals surface area contributed by atoms with Crippen molar-refractivity contribution in [1.82, 2.24) is 14.8 Å². The smallest absolute Gasteiger partial charge is 0.344 e. The van der Waals surface area contributed by atoms with Gasteiger partial charge < -0.3 is 4.74 Å². The van der Waals surface area contributed by atoms with Gasteiger partial charge in [-0.25, -0.2) is 9.89 Å². The number of aromatic nitrogens is 3. The Balaban J connectivity index is 1.99. The van der Waals surface area contributed by atoms with Gasteiger partial charge in [0.25, 0.3) is 0 Å². The second-order valence-corrected chi connectivity index (χ2v) is 4.62. The summed E-state index contributed by atoms with van der Waals surface area (Å²) in [5.41, 5.74) is -0.191. The number of ketones is 1. The lowest BCUT2D eigenvalue weighted by molar-refractivity contribution is -0.120. The van der Waals surface area contributed by atoms with Gasteiger partial charge in [0.2, 0.25) is 0 Å². The minimum Gasteiger partial charge on any atom is -0.377 e. The zero-order valence-electron chi connectivity index (χ0n) is 8.93. The Bertz CT molecular complexity index is 435. The molecule has 0 atom stereocenters. The molecule has 1 aromatic rings. The summed E-state index contributed by atoms with van der Waals surface area (Å²) in [6.45, 7) is 0.102.